The number of unbranched alkanes of at least 4 members (excludes halogenated alkanes) is 12. The van der Waals surface area contributed by atoms with Gasteiger partial charge >= 0.3 is 23.9 Å². The van der Waals surface area contributed by atoms with Crippen LogP contribution in [0.3, 0.4) is 0 Å². The summed E-state index contributed by atoms with van der Waals surface area (Å²) in [4.78, 5) is 64.2. The number of cyclic esters (lactones) is 4. The van der Waals surface area contributed by atoms with Gasteiger partial charge in [-0.05, 0) is 24.5 Å². The lowest BCUT2D eigenvalue weighted by atomic mass is 9.59. The summed E-state index contributed by atoms with van der Waals surface area (Å²) in [7, 11) is 0. The monoisotopic (exact) mass is 552 g/mol. The highest BCUT2D eigenvalue weighted by molar-refractivity contribution is 6.04. The minimum atomic E-state index is -0.982. The molecule has 4 rings (SSSR count). The first-order chi connectivity index (χ1) is 19.3. The van der Waals surface area contributed by atoms with Crippen molar-refractivity contribution < 1.29 is 33.4 Å². The van der Waals surface area contributed by atoms with Gasteiger partial charge in [0.25, 0.3) is 0 Å². The molecule has 2 fully saturated rings. The molecule has 0 bridgehead atoms. The van der Waals surface area contributed by atoms with Crippen molar-refractivity contribution in [3.05, 3.63) is 34.9 Å². The van der Waals surface area contributed by atoms with Crippen LogP contribution in [0, 0.1) is 24.7 Å². The molecule has 5 atom stereocenters. The second-order valence-electron chi connectivity index (χ2n) is 12.0. The maximum absolute atomic E-state index is 13.8. The van der Waals surface area contributed by atoms with Gasteiger partial charge in [0, 0.05) is 18.3 Å². The Morgan fingerprint density at radius 2 is 1.32 bits per heavy atom. The first kappa shape index (κ1) is 30.1. The van der Waals surface area contributed by atoms with E-state index >= 15 is 0 Å². The predicted molar refractivity (Wildman–Crippen MR) is 149 cm³/mol. The highest BCUT2D eigenvalue weighted by Gasteiger charge is 2.60. The molecule has 0 amide bonds. The molecule has 7 nitrogen and oxygen atoms in total. The summed E-state index contributed by atoms with van der Waals surface area (Å²) in [6.07, 6.45) is 15.6. The first-order valence-corrected chi connectivity index (χ1v) is 15.5. The summed E-state index contributed by atoms with van der Waals surface area (Å²) in [6.45, 7) is 4.12. The van der Waals surface area contributed by atoms with E-state index in [4.69, 9.17) is 9.47 Å². The molecule has 0 saturated carbocycles. The number of fused-ring (bicyclic) bond motifs is 3. The van der Waals surface area contributed by atoms with E-state index in [1.165, 1.54) is 57.8 Å². The molecule has 2 heterocycles. The normalized spacial score (nSPS) is 25.5. The highest BCUT2D eigenvalue weighted by Crippen LogP contribution is 2.55. The minimum Gasteiger partial charge on any atom is -0.393 e. The Hall–Kier alpha value is -2.83. The summed E-state index contributed by atoms with van der Waals surface area (Å²) in [5, 5.41) is 0. The van der Waals surface area contributed by atoms with Gasteiger partial charge in [-0.3, -0.25) is 24.0 Å². The molecule has 1 aliphatic carbocycles. The highest BCUT2D eigenvalue weighted by atomic mass is 16.6. The molecule has 0 N–H and O–H groups in total. The molecule has 1 aromatic carbocycles. The van der Waals surface area contributed by atoms with Crippen LogP contribution in [-0.2, 0) is 33.4 Å². The van der Waals surface area contributed by atoms with Gasteiger partial charge in [0.1, 0.15) is 5.78 Å². The van der Waals surface area contributed by atoms with E-state index < -0.39 is 53.5 Å². The van der Waals surface area contributed by atoms with Crippen molar-refractivity contribution in [2.24, 2.45) is 17.8 Å². The number of carbonyl (C=O) groups excluding carboxylic acids is 5. The Labute approximate surface area is 237 Å². The van der Waals surface area contributed by atoms with Gasteiger partial charge in [-0.1, -0.05) is 108 Å². The van der Waals surface area contributed by atoms with Crippen molar-refractivity contribution in [1.82, 2.24) is 0 Å². The standard InChI is InChI=1S/C33H44O7/c1-3-4-5-6-7-8-9-10-11-12-13-14-15-16-25(34)29-27(24-20-26(35)39-31(24)36)22-18-17-21(2)19-23(22)28-30(29)33(38)40-32(28)37/h17-19,24,27-30H,3-16,20H2,1-2H3. The summed E-state index contributed by atoms with van der Waals surface area (Å²) in [5.74, 6) is -7.12. The molecule has 218 valence electrons. The van der Waals surface area contributed by atoms with Crippen LogP contribution in [0.4, 0.5) is 0 Å². The molecule has 7 heteroatoms. The summed E-state index contributed by atoms with van der Waals surface area (Å²) < 4.78 is 9.92. The fourth-order valence-electron chi connectivity index (χ4n) is 6.99. The first-order valence-electron chi connectivity index (χ1n) is 15.5. The fraction of sp³-hybridized carbons (Fsp3) is 0.667. The van der Waals surface area contributed by atoms with Gasteiger partial charge in [-0.25, -0.2) is 0 Å². The van der Waals surface area contributed by atoms with Crippen molar-refractivity contribution in [2.75, 3.05) is 0 Å². The molecule has 2 saturated heterocycles. The van der Waals surface area contributed by atoms with Gasteiger partial charge in [0.15, 0.2) is 0 Å². The number of ketones is 1. The number of carbonyl (C=O) groups is 5. The zero-order valence-electron chi connectivity index (χ0n) is 24.1. The van der Waals surface area contributed by atoms with Crippen LogP contribution in [0.25, 0.3) is 0 Å². The van der Waals surface area contributed by atoms with Gasteiger partial charge in [0.05, 0.1) is 24.2 Å². The minimum absolute atomic E-state index is 0.139. The van der Waals surface area contributed by atoms with Crippen molar-refractivity contribution >= 4 is 29.7 Å². The molecule has 0 radical (unpaired) electrons. The molecule has 40 heavy (non-hydrogen) atoms. The Bertz CT molecular complexity index is 1110. The van der Waals surface area contributed by atoms with Crippen LogP contribution >= 0.6 is 0 Å². The van der Waals surface area contributed by atoms with E-state index in [1.807, 2.05) is 25.1 Å². The van der Waals surface area contributed by atoms with Crippen molar-refractivity contribution in [2.45, 2.75) is 122 Å². The average Bonchev–Trinajstić information content (AvgIpc) is 3.41. The number of hydrogen-bond acceptors (Lipinski definition) is 7. The lowest BCUT2D eigenvalue weighted by Crippen LogP contribution is -2.43. The van der Waals surface area contributed by atoms with E-state index in [9.17, 15) is 24.0 Å². The van der Waals surface area contributed by atoms with Crippen molar-refractivity contribution in [3.63, 3.8) is 0 Å². The molecule has 3 aliphatic rings. The van der Waals surface area contributed by atoms with Gasteiger partial charge in [-0.2, -0.15) is 0 Å². The Morgan fingerprint density at radius 1 is 0.725 bits per heavy atom. The molecule has 1 aromatic rings. The average molecular weight is 553 g/mol. The Kier molecular flexibility index (Phi) is 10.7. The third-order valence-corrected chi connectivity index (χ3v) is 9.03. The van der Waals surface area contributed by atoms with E-state index in [0.29, 0.717) is 17.5 Å². The molecular formula is C33H44O7. The summed E-state index contributed by atoms with van der Waals surface area (Å²) >= 11 is 0. The number of hydrogen-bond donors (Lipinski definition) is 0. The summed E-state index contributed by atoms with van der Waals surface area (Å²) in [5.41, 5.74) is 2.17. The topological polar surface area (TPSA) is 104 Å². The number of Topliss-reactive ketones (excluding diaryl/α,β-unsaturated/α-hetero) is 1. The zero-order chi connectivity index (χ0) is 28.6. The quantitative estimate of drug-likeness (QED) is 0.129. The molecule has 0 spiro atoms. The third-order valence-electron chi connectivity index (χ3n) is 9.03. The van der Waals surface area contributed by atoms with Gasteiger partial charge < -0.3 is 9.47 Å². The number of rotatable bonds is 16. The van der Waals surface area contributed by atoms with Crippen LogP contribution in [0.15, 0.2) is 18.2 Å². The lowest BCUT2D eigenvalue weighted by Gasteiger charge is -2.39. The number of ether oxygens (including phenoxy) is 2. The number of benzene rings is 1. The maximum atomic E-state index is 13.8. The van der Waals surface area contributed by atoms with Crippen LogP contribution in [0.2, 0.25) is 0 Å². The lowest BCUT2D eigenvalue weighted by molar-refractivity contribution is -0.157. The fourth-order valence-corrected chi connectivity index (χ4v) is 6.99. The zero-order valence-corrected chi connectivity index (χ0v) is 24.1. The Balaban J connectivity index is 1.36. The van der Waals surface area contributed by atoms with Crippen LogP contribution in [0.5, 0.6) is 0 Å². The second kappa shape index (κ2) is 14.2. The van der Waals surface area contributed by atoms with E-state index in [0.717, 1.165) is 24.8 Å². The second-order valence-corrected chi connectivity index (χ2v) is 12.0. The predicted octanol–water partition coefficient (Wildman–Crippen LogP) is 6.63. The SMILES string of the molecule is CCCCCCCCCCCCCCCC(=O)C1C2C(=O)OC(=O)C2c2cc(C)ccc2C1C1CC(=O)OC1=O. The maximum Gasteiger partial charge on any atom is 0.321 e. The largest absolute Gasteiger partial charge is 0.393 e. The number of esters is 4. The Morgan fingerprint density at radius 3 is 1.90 bits per heavy atom. The van der Waals surface area contributed by atoms with Gasteiger partial charge in [0.2, 0.25) is 0 Å². The van der Waals surface area contributed by atoms with E-state index in [2.05, 4.69) is 6.92 Å². The summed E-state index contributed by atoms with van der Waals surface area (Å²) in [6, 6.07) is 5.52. The molecule has 2 aliphatic heterocycles. The smallest absolute Gasteiger partial charge is 0.321 e. The van der Waals surface area contributed by atoms with Crippen molar-refractivity contribution in [3.8, 4) is 0 Å². The van der Waals surface area contributed by atoms with Crippen LogP contribution in [0.1, 0.15) is 132 Å². The van der Waals surface area contributed by atoms with Crippen molar-refractivity contribution in [1.29, 1.82) is 0 Å². The van der Waals surface area contributed by atoms with Gasteiger partial charge in [-0.15, -0.1) is 0 Å². The third kappa shape index (κ3) is 6.90. The van der Waals surface area contributed by atoms with E-state index in [-0.39, 0.29) is 18.6 Å². The molecular weight excluding hydrogens is 508 g/mol. The number of aryl methyl sites for hydroxylation is 1. The molecule has 5 unspecified atom stereocenters. The molecule has 0 aromatic heterocycles. The van der Waals surface area contributed by atoms with Crippen LogP contribution < -0.4 is 0 Å². The van der Waals surface area contributed by atoms with E-state index in [1.54, 1.807) is 0 Å². The van der Waals surface area contributed by atoms with Crippen LogP contribution in [-0.4, -0.2) is 29.7 Å².